The van der Waals surface area contributed by atoms with Gasteiger partial charge in [-0.25, -0.2) is 0 Å². The summed E-state index contributed by atoms with van der Waals surface area (Å²) in [6.45, 7) is 0.673. The van der Waals surface area contributed by atoms with Gasteiger partial charge in [0.15, 0.2) is 0 Å². The molecule has 2 aromatic carbocycles. The Bertz CT molecular complexity index is 1850. The number of aromatic nitrogens is 3. The van der Waals surface area contributed by atoms with E-state index in [1.165, 1.54) is 5.70 Å². The van der Waals surface area contributed by atoms with Gasteiger partial charge >= 0.3 is 0 Å². The Morgan fingerprint density at radius 1 is 0.816 bits per heavy atom. The number of para-hydroxylation sites is 2. The number of hydrogen-bond acceptors (Lipinski definition) is 6. The third kappa shape index (κ3) is 3.06. The zero-order valence-electron chi connectivity index (χ0n) is 22.0. The van der Waals surface area contributed by atoms with E-state index >= 15 is 0 Å². The molecule has 1 atom stereocenters. The van der Waals surface area contributed by atoms with Gasteiger partial charge < -0.3 is 33.8 Å². The second kappa shape index (κ2) is 8.62. The number of ether oxygens (including phenoxy) is 4. The van der Waals surface area contributed by atoms with Crippen LogP contribution >= 0.6 is 0 Å². The topological polar surface area (TPSA) is 84.6 Å². The summed E-state index contributed by atoms with van der Waals surface area (Å²) in [4.78, 5) is 14.8. The van der Waals surface area contributed by atoms with Gasteiger partial charge in [-0.1, -0.05) is 24.3 Å². The van der Waals surface area contributed by atoms with Crippen LogP contribution in [0.5, 0.6) is 17.2 Å². The van der Waals surface area contributed by atoms with Gasteiger partial charge in [0.25, 0.3) is 0 Å². The molecule has 5 heterocycles. The van der Waals surface area contributed by atoms with Crippen molar-refractivity contribution < 1.29 is 18.9 Å². The minimum Gasteiger partial charge on any atom is -0.498 e. The monoisotopic (exact) mass is 510 g/mol. The van der Waals surface area contributed by atoms with Crippen LogP contribution in [0.1, 0.15) is 31.0 Å². The number of piperidine rings is 1. The SMILES string of the molecule is COC1=c2c([nH]c3c(OC)cccc23)=C2CCCC(c3ncc(OC)c4c3[nH]c3c(OC)cccc34)N2C1. The summed E-state index contributed by atoms with van der Waals surface area (Å²) in [6, 6.07) is 12.3. The fraction of sp³-hybridized carbons (Fsp3) is 0.300. The fourth-order valence-electron chi connectivity index (χ4n) is 6.45. The molecule has 0 amide bonds. The van der Waals surface area contributed by atoms with Crippen LogP contribution < -0.4 is 24.8 Å². The lowest BCUT2D eigenvalue weighted by Gasteiger charge is -2.40. The molecule has 0 aliphatic carbocycles. The van der Waals surface area contributed by atoms with Crippen LogP contribution in [0.2, 0.25) is 0 Å². The number of nitrogens with zero attached hydrogens (tertiary/aromatic N) is 2. The Morgan fingerprint density at radius 2 is 1.53 bits per heavy atom. The molecule has 3 aromatic heterocycles. The van der Waals surface area contributed by atoms with Crippen molar-refractivity contribution in [2.45, 2.75) is 25.3 Å². The number of H-pyrrole nitrogens is 2. The quantitative estimate of drug-likeness (QED) is 0.366. The summed E-state index contributed by atoms with van der Waals surface area (Å²) in [5, 5.41) is 5.46. The van der Waals surface area contributed by atoms with Crippen molar-refractivity contribution in [2.75, 3.05) is 35.0 Å². The predicted molar refractivity (Wildman–Crippen MR) is 148 cm³/mol. The average Bonchev–Trinajstić information content (AvgIpc) is 3.56. The normalized spacial score (nSPS) is 17.2. The first kappa shape index (κ1) is 22.8. The maximum Gasteiger partial charge on any atom is 0.147 e. The predicted octanol–water partition coefficient (Wildman–Crippen LogP) is 4.33. The molecule has 0 spiro atoms. The summed E-state index contributed by atoms with van der Waals surface area (Å²) >= 11 is 0. The molecule has 8 heteroatoms. The van der Waals surface area contributed by atoms with Gasteiger partial charge in [-0.15, -0.1) is 0 Å². The van der Waals surface area contributed by atoms with E-state index in [1.807, 2.05) is 30.5 Å². The van der Waals surface area contributed by atoms with Gasteiger partial charge in [-0.2, -0.15) is 0 Å². The van der Waals surface area contributed by atoms with Crippen molar-refractivity contribution in [3.8, 4) is 17.2 Å². The number of pyridine rings is 1. The highest BCUT2D eigenvalue weighted by Gasteiger charge is 2.35. The number of benzene rings is 2. The number of fused-ring (bicyclic) bond motifs is 7. The van der Waals surface area contributed by atoms with E-state index in [2.05, 4.69) is 27.0 Å². The third-order valence-corrected chi connectivity index (χ3v) is 8.13. The minimum atomic E-state index is 0.0674. The highest BCUT2D eigenvalue weighted by Crippen LogP contribution is 2.44. The van der Waals surface area contributed by atoms with Crippen molar-refractivity contribution in [2.24, 2.45) is 0 Å². The Labute approximate surface area is 219 Å². The second-order valence-electron chi connectivity index (χ2n) is 9.84. The summed E-state index contributed by atoms with van der Waals surface area (Å²) in [5.74, 6) is 3.32. The molecule has 38 heavy (non-hydrogen) atoms. The Balaban J connectivity index is 1.48. The average molecular weight is 511 g/mol. The first-order valence-electron chi connectivity index (χ1n) is 12.9. The van der Waals surface area contributed by atoms with Crippen molar-refractivity contribution >= 4 is 44.2 Å². The van der Waals surface area contributed by atoms with Crippen LogP contribution in [0.4, 0.5) is 0 Å². The molecule has 0 radical (unpaired) electrons. The van der Waals surface area contributed by atoms with Crippen LogP contribution in [0, 0.1) is 0 Å². The van der Waals surface area contributed by atoms with Gasteiger partial charge in [0, 0.05) is 21.7 Å². The molecule has 5 aromatic rings. The molecule has 1 unspecified atom stereocenters. The van der Waals surface area contributed by atoms with E-state index in [1.54, 1.807) is 28.4 Å². The van der Waals surface area contributed by atoms with Gasteiger partial charge in [-0.05, 0) is 31.4 Å². The Kier molecular flexibility index (Phi) is 5.18. The largest absolute Gasteiger partial charge is 0.498 e. The molecule has 8 nitrogen and oxygen atoms in total. The van der Waals surface area contributed by atoms with Crippen LogP contribution in [0.25, 0.3) is 44.2 Å². The van der Waals surface area contributed by atoms with Crippen molar-refractivity contribution in [1.82, 2.24) is 19.9 Å². The van der Waals surface area contributed by atoms with Gasteiger partial charge in [0.1, 0.15) is 23.0 Å². The molecule has 2 aliphatic rings. The zero-order valence-corrected chi connectivity index (χ0v) is 22.0. The lowest BCUT2D eigenvalue weighted by Crippen LogP contribution is -2.46. The molecule has 194 valence electrons. The minimum absolute atomic E-state index is 0.0674. The molecule has 1 fully saturated rings. The highest BCUT2D eigenvalue weighted by atomic mass is 16.5. The number of hydrogen-bond donors (Lipinski definition) is 2. The number of aromatic amines is 2. The second-order valence-corrected chi connectivity index (χ2v) is 9.84. The number of nitrogens with one attached hydrogen (secondary N) is 2. The smallest absolute Gasteiger partial charge is 0.147 e. The summed E-state index contributed by atoms with van der Waals surface area (Å²) in [6.07, 6.45) is 4.88. The maximum absolute atomic E-state index is 6.03. The van der Waals surface area contributed by atoms with E-state index in [0.29, 0.717) is 6.54 Å². The van der Waals surface area contributed by atoms with Crippen LogP contribution in [0.3, 0.4) is 0 Å². The van der Waals surface area contributed by atoms with E-state index in [0.717, 1.165) is 91.2 Å². The summed E-state index contributed by atoms with van der Waals surface area (Å²) < 4.78 is 23.2. The molecular formula is C30H30N4O4. The molecule has 7 rings (SSSR count). The van der Waals surface area contributed by atoms with Crippen LogP contribution in [-0.4, -0.2) is 54.8 Å². The van der Waals surface area contributed by atoms with Gasteiger partial charge in [0.2, 0.25) is 0 Å². The maximum atomic E-state index is 6.03. The van der Waals surface area contributed by atoms with Crippen molar-refractivity contribution in [1.29, 1.82) is 0 Å². The van der Waals surface area contributed by atoms with E-state index in [9.17, 15) is 0 Å². The number of methoxy groups -OCH3 is 4. The summed E-state index contributed by atoms with van der Waals surface area (Å²) in [5.41, 5.74) is 5.22. The molecule has 2 N–H and O–H groups in total. The standard InChI is InChI=1S/C30H30N4O4/c1-35-20-12-6-9-17-25-23(38-4)15-34-18(28(25)32-26(17)20)10-7-11-19(34)29-30-24(22(37-3)14-31-29)16-8-5-13-21(36-2)27(16)33-30/h5-6,8-9,12-14,19,32-33H,7,10-11,15H2,1-4H3. The van der Waals surface area contributed by atoms with Gasteiger partial charge in [-0.3, -0.25) is 4.98 Å². The lowest BCUT2D eigenvalue weighted by atomic mass is 9.93. The van der Waals surface area contributed by atoms with E-state index < -0.39 is 0 Å². The molecule has 0 bridgehead atoms. The first-order valence-corrected chi connectivity index (χ1v) is 12.9. The molecule has 0 saturated carbocycles. The zero-order chi connectivity index (χ0) is 26.0. The Morgan fingerprint density at radius 3 is 2.24 bits per heavy atom. The lowest BCUT2D eigenvalue weighted by molar-refractivity contribution is 0.230. The van der Waals surface area contributed by atoms with Crippen molar-refractivity contribution in [3.05, 3.63) is 58.9 Å². The summed E-state index contributed by atoms with van der Waals surface area (Å²) in [7, 11) is 6.86. The fourth-order valence-corrected chi connectivity index (χ4v) is 6.45. The molecule has 2 aliphatic heterocycles. The van der Waals surface area contributed by atoms with Crippen LogP contribution in [-0.2, 0) is 4.74 Å². The Hall–Kier alpha value is -4.33. The van der Waals surface area contributed by atoms with Crippen LogP contribution in [0.15, 0.2) is 42.6 Å². The first-order chi connectivity index (χ1) is 18.7. The third-order valence-electron chi connectivity index (χ3n) is 8.13. The van der Waals surface area contributed by atoms with Gasteiger partial charge in [0.05, 0.1) is 80.2 Å². The molecule has 1 saturated heterocycles. The van der Waals surface area contributed by atoms with E-state index in [4.69, 9.17) is 23.9 Å². The molecular weight excluding hydrogens is 480 g/mol. The highest BCUT2D eigenvalue weighted by molar-refractivity contribution is 6.12. The number of rotatable bonds is 5. The van der Waals surface area contributed by atoms with Crippen molar-refractivity contribution in [3.63, 3.8) is 0 Å². The van der Waals surface area contributed by atoms with E-state index in [-0.39, 0.29) is 6.04 Å².